The molecule has 2 nitrogen and oxygen atoms in total. The molecule has 1 heterocycles. The van der Waals surface area contributed by atoms with Gasteiger partial charge in [-0.3, -0.25) is 4.98 Å². The Labute approximate surface area is 64.8 Å². The lowest BCUT2D eigenvalue weighted by molar-refractivity contribution is 0.945. The zero-order chi connectivity index (χ0) is 7.40. The van der Waals surface area contributed by atoms with Gasteiger partial charge >= 0.3 is 0 Å². The molecule has 54 valence electrons. The average molecular weight is 154 g/mol. The van der Waals surface area contributed by atoms with E-state index in [1.165, 1.54) is 4.90 Å². The van der Waals surface area contributed by atoms with Crippen molar-refractivity contribution in [2.45, 2.75) is 11.4 Å². The summed E-state index contributed by atoms with van der Waals surface area (Å²) in [6.07, 6.45) is 3.79. The van der Waals surface area contributed by atoms with Crippen LogP contribution in [0.25, 0.3) is 0 Å². The minimum absolute atomic E-state index is 0.525. The van der Waals surface area contributed by atoms with Gasteiger partial charge in [0, 0.05) is 17.6 Å². The largest absolute Gasteiger partial charge is 0.325 e. The van der Waals surface area contributed by atoms with Gasteiger partial charge in [0.05, 0.1) is 5.69 Å². The Hall–Kier alpha value is -0.540. The molecule has 0 radical (unpaired) electrons. The van der Waals surface area contributed by atoms with E-state index in [-0.39, 0.29) is 0 Å². The number of hydrogen-bond donors (Lipinski definition) is 1. The number of rotatable bonds is 2. The highest BCUT2D eigenvalue weighted by molar-refractivity contribution is 7.98. The molecule has 0 aromatic carbocycles. The summed E-state index contributed by atoms with van der Waals surface area (Å²) < 4.78 is 0. The van der Waals surface area contributed by atoms with Gasteiger partial charge < -0.3 is 5.73 Å². The van der Waals surface area contributed by atoms with Crippen LogP contribution in [0.4, 0.5) is 0 Å². The molecule has 1 rings (SSSR count). The van der Waals surface area contributed by atoms with Crippen LogP contribution in [0.1, 0.15) is 5.69 Å². The first-order chi connectivity index (χ1) is 4.88. The molecule has 1 aromatic heterocycles. The quantitative estimate of drug-likeness (QED) is 0.652. The molecule has 0 bridgehead atoms. The van der Waals surface area contributed by atoms with Gasteiger partial charge in [-0.1, -0.05) is 0 Å². The third-order valence-electron chi connectivity index (χ3n) is 1.26. The predicted molar refractivity (Wildman–Crippen MR) is 43.9 cm³/mol. The lowest BCUT2D eigenvalue weighted by Gasteiger charge is -2.00. The topological polar surface area (TPSA) is 38.9 Å². The van der Waals surface area contributed by atoms with E-state index < -0.39 is 0 Å². The smallest absolute Gasteiger partial charge is 0.0674 e. The first kappa shape index (κ1) is 7.57. The van der Waals surface area contributed by atoms with Gasteiger partial charge in [0.2, 0.25) is 0 Å². The van der Waals surface area contributed by atoms with Crippen LogP contribution < -0.4 is 5.73 Å². The monoisotopic (exact) mass is 154 g/mol. The van der Waals surface area contributed by atoms with Crippen molar-refractivity contribution in [2.75, 3.05) is 6.26 Å². The van der Waals surface area contributed by atoms with Crippen molar-refractivity contribution in [3.05, 3.63) is 24.0 Å². The molecule has 0 aliphatic carbocycles. The summed E-state index contributed by atoms with van der Waals surface area (Å²) in [6.45, 7) is 0.525. The summed E-state index contributed by atoms with van der Waals surface area (Å²) >= 11 is 1.68. The van der Waals surface area contributed by atoms with E-state index in [9.17, 15) is 0 Å². The number of aromatic nitrogens is 1. The summed E-state index contributed by atoms with van der Waals surface area (Å²) in [5.74, 6) is 0. The van der Waals surface area contributed by atoms with Crippen molar-refractivity contribution in [3.63, 3.8) is 0 Å². The van der Waals surface area contributed by atoms with E-state index in [4.69, 9.17) is 5.73 Å². The third-order valence-corrected chi connectivity index (χ3v) is 2.07. The Morgan fingerprint density at radius 2 is 2.50 bits per heavy atom. The number of nitrogens with two attached hydrogens (primary N) is 1. The minimum Gasteiger partial charge on any atom is -0.325 e. The summed E-state index contributed by atoms with van der Waals surface area (Å²) in [6, 6.07) is 3.95. The first-order valence-electron chi connectivity index (χ1n) is 3.06. The van der Waals surface area contributed by atoms with E-state index in [1.807, 2.05) is 18.4 Å². The fraction of sp³-hybridized carbons (Fsp3) is 0.286. The van der Waals surface area contributed by atoms with Crippen LogP contribution in [0, 0.1) is 0 Å². The molecule has 0 fully saturated rings. The van der Waals surface area contributed by atoms with Gasteiger partial charge in [-0.25, -0.2) is 0 Å². The van der Waals surface area contributed by atoms with Crippen molar-refractivity contribution < 1.29 is 0 Å². The van der Waals surface area contributed by atoms with Gasteiger partial charge in [0.1, 0.15) is 0 Å². The number of thioether (sulfide) groups is 1. The molecule has 0 spiro atoms. The van der Waals surface area contributed by atoms with E-state index >= 15 is 0 Å². The van der Waals surface area contributed by atoms with E-state index in [0.29, 0.717) is 6.54 Å². The molecule has 0 amide bonds. The molecule has 0 saturated heterocycles. The van der Waals surface area contributed by atoms with E-state index in [2.05, 4.69) is 4.98 Å². The van der Waals surface area contributed by atoms with E-state index in [0.717, 1.165) is 5.69 Å². The molecule has 3 heteroatoms. The van der Waals surface area contributed by atoms with Crippen LogP contribution in [0.3, 0.4) is 0 Å². The fourth-order valence-electron chi connectivity index (χ4n) is 0.762. The standard InChI is InChI=1S/C7H10N2S/c1-10-7-3-2-4-9-6(7)5-8/h2-4H,5,8H2,1H3. The number of pyridine rings is 1. The van der Waals surface area contributed by atoms with Crippen molar-refractivity contribution >= 4 is 11.8 Å². The second-order valence-corrected chi connectivity index (χ2v) is 2.70. The Balaban J connectivity index is 2.96. The maximum absolute atomic E-state index is 5.45. The Morgan fingerprint density at radius 3 is 3.00 bits per heavy atom. The van der Waals surface area contributed by atoms with Crippen LogP contribution >= 0.6 is 11.8 Å². The van der Waals surface area contributed by atoms with Crippen LogP contribution in [-0.4, -0.2) is 11.2 Å². The van der Waals surface area contributed by atoms with Gasteiger partial charge in [-0.2, -0.15) is 0 Å². The molecule has 0 aliphatic heterocycles. The number of hydrogen-bond acceptors (Lipinski definition) is 3. The molecule has 0 atom stereocenters. The van der Waals surface area contributed by atoms with Gasteiger partial charge in [0.25, 0.3) is 0 Å². The highest BCUT2D eigenvalue weighted by Gasteiger charge is 1.96. The highest BCUT2D eigenvalue weighted by atomic mass is 32.2. The van der Waals surface area contributed by atoms with Gasteiger partial charge in [-0.15, -0.1) is 11.8 Å². The molecule has 0 unspecified atom stereocenters. The third kappa shape index (κ3) is 1.49. The molecular weight excluding hydrogens is 144 g/mol. The average Bonchev–Trinajstić information content (AvgIpc) is 2.04. The first-order valence-corrected chi connectivity index (χ1v) is 4.29. The Morgan fingerprint density at radius 1 is 1.70 bits per heavy atom. The highest BCUT2D eigenvalue weighted by Crippen LogP contribution is 2.16. The lowest BCUT2D eigenvalue weighted by Crippen LogP contribution is -2.00. The van der Waals surface area contributed by atoms with Crippen molar-refractivity contribution in [2.24, 2.45) is 5.73 Å². The summed E-state index contributed by atoms with van der Waals surface area (Å²) in [5, 5.41) is 0. The second-order valence-electron chi connectivity index (χ2n) is 1.86. The zero-order valence-electron chi connectivity index (χ0n) is 5.87. The Bertz CT molecular complexity index is 190. The molecule has 0 saturated carbocycles. The predicted octanol–water partition coefficient (Wildman–Crippen LogP) is 1.26. The van der Waals surface area contributed by atoms with Crippen molar-refractivity contribution in [1.29, 1.82) is 0 Å². The van der Waals surface area contributed by atoms with Gasteiger partial charge in [0.15, 0.2) is 0 Å². The molecular formula is C7H10N2S. The minimum atomic E-state index is 0.525. The molecule has 1 aromatic rings. The van der Waals surface area contributed by atoms with Crippen molar-refractivity contribution in [3.8, 4) is 0 Å². The summed E-state index contributed by atoms with van der Waals surface area (Å²) in [7, 11) is 0. The van der Waals surface area contributed by atoms with Crippen LogP contribution in [0.15, 0.2) is 23.2 Å². The SMILES string of the molecule is CSc1cccnc1CN. The van der Waals surface area contributed by atoms with Crippen LogP contribution in [0.2, 0.25) is 0 Å². The zero-order valence-corrected chi connectivity index (χ0v) is 6.69. The van der Waals surface area contributed by atoms with Crippen LogP contribution in [-0.2, 0) is 6.54 Å². The summed E-state index contributed by atoms with van der Waals surface area (Å²) in [4.78, 5) is 5.29. The molecule has 0 aliphatic rings. The number of nitrogens with zero attached hydrogens (tertiary/aromatic N) is 1. The molecule has 10 heavy (non-hydrogen) atoms. The normalized spacial score (nSPS) is 9.80. The fourth-order valence-corrected chi connectivity index (χ4v) is 1.35. The van der Waals surface area contributed by atoms with E-state index in [1.54, 1.807) is 18.0 Å². The second kappa shape index (κ2) is 3.58. The summed E-state index contributed by atoms with van der Waals surface area (Å²) in [5.41, 5.74) is 6.43. The molecule has 2 N–H and O–H groups in total. The van der Waals surface area contributed by atoms with Gasteiger partial charge in [-0.05, 0) is 18.4 Å². The Kier molecular flexibility index (Phi) is 2.71. The van der Waals surface area contributed by atoms with Crippen LogP contribution in [0.5, 0.6) is 0 Å². The maximum atomic E-state index is 5.45. The van der Waals surface area contributed by atoms with Crippen molar-refractivity contribution in [1.82, 2.24) is 4.98 Å². The lowest BCUT2D eigenvalue weighted by atomic mass is 10.3. The maximum Gasteiger partial charge on any atom is 0.0674 e.